The Morgan fingerprint density at radius 2 is 1.85 bits per heavy atom. The number of piperidine rings is 1. The van der Waals surface area contributed by atoms with Crippen molar-refractivity contribution in [1.82, 2.24) is 10.6 Å². The van der Waals surface area contributed by atoms with Crippen molar-refractivity contribution in [3.8, 4) is 5.75 Å². The molecule has 0 aliphatic carbocycles. The van der Waals surface area contributed by atoms with E-state index in [0.29, 0.717) is 17.8 Å². The number of hydrogen-bond acceptors (Lipinski definition) is 4. The van der Waals surface area contributed by atoms with Gasteiger partial charge in [-0.1, -0.05) is 19.1 Å². The van der Waals surface area contributed by atoms with Gasteiger partial charge in [-0.3, -0.25) is 0 Å². The monoisotopic (exact) mass is 374 g/mol. The summed E-state index contributed by atoms with van der Waals surface area (Å²) in [7, 11) is 2.96. The number of ether oxygens (including phenoxy) is 2. The maximum absolute atomic E-state index is 12.6. The predicted molar refractivity (Wildman–Crippen MR) is 100 cm³/mol. The van der Waals surface area contributed by atoms with Crippen LogP contribution in [0.2, 0.25) is 0 Å². The summed E-state index contributed by atoms with van der Waals surface area (Å²) in [6.07, 6.45) is 2.31. The van der Waals surface area contributed by atoms with Gasteiger partial charge in [0.05, 0.1) is 44.6 Å². The lowest BCUT2D eigenvalue weighted by Gasteiger charge is -2.32. The third kappa shape index (κ3) is 4.42. The quantitative estimate of drug-likeness (QED) is 0.666. The van der Waals surface area contributed by atoms with Crippen molar-refractivity contribution in [2.45, 2.75) is 25.8 Å². The van der Waals surface area contributed by atoms with Crippen LogP contribution in [0.15, 0.2) is 35.5 Å². The lowest BCUT2D eigenvalue weighted by Crippen LogP contribution is -3.13. The zero-order chi connectivity index (χ0) is 19.4. The zero-order valence-electron chi connectivity index (χ0n) is 16.1. The highest BCUT2D eigenvalue weighted by Gasteiger charge is 2.35. The standard InChI is InChI=1S/C20H27N3O4/c1-13-8-10-23(11-9-13)12-16-17(19(24)27-3)18(22-20(25)21-16)14-4-6-15(26-2)7-5-14/h4-7,13,18H,8-12H2,1-3H3,(H2,21,22,25)/p+1/t18-/m0/s1. The Hall–Kier alpha value is -2.54. The van der Waals surface area contributed by atoms with E-state index in [-0.39, 0.29) is 6.03 Å². The SMILES string of the molecule is COC(=O)C1=C(C[NH+]2CCC(C)CC2)NC(=O)N[C@H]1c1ccc(OC)cc1. The summed E-state index contributed by atoms with van der Waals surface area (Å²) in [5.74, 6) is 1.02. The van der Waals surface area contributed by atoms with Gasteiger partial charge < -0.3 is 25.0 Å². The molecule has 1 saturated heterocycles. The fourth-order valence-corrected chi connectivity index (χ4v) is 3.75. The second-order valence-electron chi connectivity index (χ2n) is 7.30. The van der Waals surface area contributed by atoms with Crippen LogP contribution in [0.1, 0.15) is 31.4 Å². The molecule has 0 unspecified atom stereocenters. The van der Waals surface area contributed by atoms with Gasteiger partial charge in [-0.05, 0) is 36.5 Å². The van der Waals surface area contributed by atoms with E-state index in [9.17, 15) is 9.59 Å². The number of carbonyl (C=O) groups is 2. The summed E-state index contributed by atoms with van der Waals surface area (Å²) >= 11 is 0. The number of hydrogen-bond donors (Lipinski definition) is 3. The second-order valence-corrected chi connectivity index (χ2v) is 7.30. The van der Waals surface area contributed by atoms with Crippen LogP contribution in [-0.4, -0.2) is 45.9 Å². The molecule has 1 aromatic rings. The molecule has 2 aliphatic rings. The molecule has 0 aromatic heterocycles. The summed E-state index contributed by atoms with van der Waals surface area (Å²) in [6, 6.07) is 6.49. The van der Waals surface area contributed by atoms with E-state index in [4.69, 9.17) is 9.47 Å². The van der Waals surface area contributed by atoms with Gasteiger partial charge in [-0.25, -0.2) is 9.59 Å². The van der Waals surface area contributed by atoms with E-state index in [1.54, 1.807) is 7.11 Å². The Bertz CT molecular complexity index is 721. The summed E-state index contributed by atoms with van der Waals surface area (Å²) in [4.78, 5) is 26.2. The minimum Gasteiger partial charge on any atom is -0.497 e. The average Bonchev–Trinajstić information content (AvgIpc) is 2.69. The van der Waals surface area contributed by atoms with Gasteiger partial charge >= 0.3 is 12.0 Å². The first-order valence-electron chi connectivity index (χ1n) is 9.38. The molecular formula is C20H28N3O4+. The number of methoxy groups -OCH3 is 2. The van der Waals surface area contributed by atoms with Crippen LogP contribution in [0.3, 0.4) is 0 Å². The van der Waals surface area contributed by atoms with Crippen LogP contribution in [0.5, 0.6) is 5.75 Å². The largest absolute Gasteiger partial charge is 0.497 e. The smallest absolute Gasteiger partial charge is 0.338 e. The van der Waals surface area contributed by atoms with Crippen molar-refractivity contribution in [1.29, 1.82) is 0 Å². The molecule has 2 aliphatic heterocycles. The molecule has 146 valence electrons. The van der Waals surface area contributed by atoms with Gasteiger partial charge in [0.25, 0.3) is 0 Å². The highest BCUT2D eigenvalue weighted by Crippen LogP contribution is 2.28. The maximum Gasteiger partial charge on any atom is 0.338 e. The predicted octanol–water partition coefficient (Wildman–Crippen LogP) is 0.791. The second kappa shape index (κ2) is 8.43. The molecule has 3 N–H and O–H groups in total. The molecule has 0 spiro atoms. The molecule has 2 heterocycles. The number of likely N-dealkylation sites (tertiary alicyclic amines) is 1. The van der Waals surface area contributed by atoms with E-state index in [0.717, 1.165) is 43.2 Å². The molecule has 1 aromatic carbocycles. The molecule has 0 radical (unpaired) electrons. The van der Waals surface area contributed by atoms with E-state index < -0.39 is 12.0 Å². The molecule has 27 heavy (non-hydrogen) atoms. The first kappa shape index (κ1) is 19.2. The Labute approximate surface area is 159 Å². The molecule has 3 rings (SSSR count). The van der Waals surface area contributed by atoms with Crippen molar-refractivity contribution < 1.29 is 24.0 Å². The van der Waals surface area contributed by atoms with Gasteiger partial charge in [-0.2, -0.15) is 0 Å². The van der Waals surface area contributed by atoms with Gasteiger partial charge in [0.2, 0.25) is 0 Å². The van der Waals surface area contributed by atoms with Gasteiger partial charge in [0.15, 0.2) is 0 Å². The van der Waals surface area contributed by atoms with Crippen molar-refractivity contribution in [2.24, 2.45) is 5.92 Å². The zero-order valence-corrected chi connectivity index (χ0v) is 16.1. The number of rotatable bonds is 5. The number of nitrogens with one attached hydrogen (secondary N) is 3. The summed E-state index contributed by atoms with van der Waals surface area (Å²) in [5, 5.41) is 5.70. The summed E-state index contributed by atoms with van der Waals surface area (Å²) in [5.41, 5.74) is 1.93. The minimum atomic E-state index is -0.546. The Kier molecular flexibility index (Phi) is 6.01. The molecule has 7 heteroatoms. The molecule has 2 amide bonds. The molecule has 1 fully saturated rings. The molecule has 0 saturated carbocycles. The van der Waals surface area contributed by atoms with Crippen molar-refractivity contribution in [3.05, 3.63) is 41.1 Å². The number of carbonyl (C=O) groups excluding carboxylic acids is 2. The van der Waals surface area contributed by atoms with Crippen LogP contribution in [0.25, 0.3) is 0 Å². The fourth-order valence-electron chi connectivity index (χ4n) is 3.75. The molecule has 1 atom stereocenters. The van der Waals surface area contributed by atoms with Gasteiger partial charge in [0.1, 0.15) is 12.3 Å². The number of benzene rings is 1. The normalized spacial score (nSPS) is 25.4. The lowest BCUT2D eigenvalue weighted by molar-refractivity contribution is -0.901. The maximum atomic E-state index is 12.6. The molecular weight excluding hydrogens is 346 g/mol. The number of esters is 1. The van der Waals surface area contributed by atoms with E-state index in [2.05, 4.69) is 17.6 Å². The average molecular weight is 374 g/mol. The van der Waals surface area contributed by atoms with E-state index in [1.165, 1.54) is 12.0 Å². The number of amides is 2. The lowest BCUT2D eigenvalue weighted by atomic mass is 9.94. The van der Waals surface area contributed by atoms with Crippen molar-refractivity contribution >= 4 is 12.0 Å². The summed E-state index contributed by atoms with van der Waals surface area (Å²) < 4.78 is 10.2. The Balaban J connectivity index is 1.92. The third-order valence-electron chi connectivity index (χ3n) is 5.42. The highest BCUT2D eigenvalue weighted by molar-refractivity contribution is 5.95. The Morgan fingerprint density at radius 1 is 1.19 bits per heavy atom. The number of quaternary nitrogens is 1. The molecule has 0 bridgehead atoms. The minimum absolute atomic E-state index is 0.303. The van der Waals surface area contributed by atoms with Crippen LogP contribution < -0.4 is 20.3 Å². The van der Waals surface area contributed by atoms with Crippen LogP contribution >= 0.6 is 0 Å². The van der Waals surface area contributed by atoms with E-state index >= 15 is 0 Å². The topological polar surface area (TPSA) is 81.1 Å². The van der Waals surface area contributed by atoms with Crippen LogP contribution in [0, 0.1) is 5.92 Å². The van der Waals surface area contributed by atoms with Gasteiger partial charge in [0, 0.05) is 0 Å². The first-order chi connectivity index (χ1) is 13.0. The van der Waals surface area contributed by atoms with Crippen molar-refractivity contribution in [3.63, 3.8) is 0 Å². The van der Waals surface area contributed by atoms with Crippen molar-refractivity contribution in [2.75, 3.05) is 33.9 Å². The van der Waals surface area contributed by atoms with Crippen LogP contribution in [-0.2, 0) is 9.53 Å². The Morgan fingerprint density at radius 3 is 2.44 bits per heavy atom. The summed E-state index contributed by atoms with van der Waals surface area (Å²) in [6.45, 7) is 4.95. The molecule has 7 nitrogen and oxygen atoms in total. The van der Waals surface area contributed by atoms with Gasteiger partial charge in [-0.15, -0.1) is 0 Å². The number of urea groups is 1. The highest BCUT2D eigenvalue weighted by atomic mass is 16.5. The van der Waals surface area contributed by atoms with E-state index in [1.807, 2.05) is 24.3 Å². The fraction of sp³-hybridized carbons (Fsp3) is 0.500. The third-order valence-corrected chi connectivity index (χ3v) is 5.42. The first-order valence-corrected chi connectivity index (χ1v) is 9.38. The van der Waals surface area contributed by atoms with Crippen LogP contribution in [0.4, 0.5) is 4.79 Å².